The van der Waals surface area contributed by atoms with Crippen LogP contribution in [0.25, 0.3) is 0 Å². The molecule has 0 amide bonds. The van der Waals surface area contributed by atoms with E-state index in [-0.39, 0.29) is 12.3 Å². The number of nitrogens with one attached hydrogen (secondary N) is 1. The second kappa shape index (κ2) is 5.03. The van der Waals surface area contributed by atoms with Crippen LogP contribution < -0.4 is 11.1 Å². The maximum atomic E-state index is 11.5. The fourth-order valence-electron chi connectivity index (χ4n) is 1.36. The van der Waals surface area contributed by atoms with Gasteiger partial charge in [0, 0.05) is 6.20 Å². The van der Waals surface area contributed by atoms with Crippen molar-refractivity contribution in [2.45, 2.75) is 6.92 Å². The van der Waals surface area contributed by atoms with Gasteiger partial charge in [-0.05, 0) is 19.1 Å². The molecular weight excluding hydrogens is 236 g/mol. The highest BCUT2D eigenvalue weighted by Gasteiger charge is 2.13. The molecule has 0 saturated heterocycles. The number of aromatic nitrogens is 2. The Balaban J connectivity index is 2.21. The van der Waals surface area contributed by atoms with Gasteiger partial charge < -0.3 is 11.1 Å². The van der Waals surface area contributed by atoms with E-state index in [9.17, 15) is 4.79 Å². The molecule has 0 radical (unpaired) electrons. The number of carbonyl (C=O) groups is 1. The predicted octanol–water partition coefficient (Wildman–Crippen LogP) is 1.73. The number of thiazole rings is 1. The quantitative estimate of drug-likeness (QED) is 0.805. The van der Waals surface area contributed by atoms with Crippen LogP contribution in [0.4, 0.5) is 10.8 Å². The lowest BCUT2D eigenvalue weighted by Crippen LogP contribution is -2.13. The molecule has 17 heavy (non-hydrogen) atoms. The molecule has 0 aliphatic heterocycles. The van der Waals surface area contributed by atoms with Gasteiger partial charge in [-0.1, -0.05) is 11.3 Å². The van der Waals surface area contributed by atoms with Crippen LogP contribution in [0.5, 0.6) is 0 Å². The lowest BCUT2D eigenvalue weighted by Gasteiger charge is -1.99. The third kappa shape index (κ3) is 2.66. The molecule has 0 aliphatic rings. The number of aryl methyl sites for hydroxylation is 1. The molecule has 0 bridgehead atoms. The van der Waals surface area contributed by atoms with Crippen molar-refractivity contribution in [3.8, 4) is 0 Å². The first-order valence-electron chi connectivity index (χ1n) is 5.08. The number of carbonyl (C=O) groups excluding carboxylic acids is 1. The van der Waals surface area contributed by atoms with E-state index >= 15 is 0 Å². The summed E-state index contributed by atoms with van der Waals surface area (Å²) in [5, 5.41) is 3.77. The molecule has 2 rings (SSSR count). The molecule has 6 heteroatoms. The number of anilines is 2. The van der Waals surface area contributed by atoms with E-state index in [0.29, 0.717) is 15.7 Å². The SMILES string of the molecule is Cc1nc(Nc2cccnc2)sc1C(=O)CN. The Morgan fingerprint density at radius 2 is 2.41 bits per heavy atom. The Bertz CT molecular complexity index is 524. The lowest BCUT2D eigenvalue weighted by molar-refractivity contribution is 0.100. The second-order valence-corrected chi connectivity index (χ2v) is 4.43. The van der Waals surface area contributed by atoms with Crippen molar-refractivity contribution in [1.29, 1.82) is 0 Å². The number of pyridine rings is 1. The Hall–Kier alpha value is -1.79. The lowest BCUT2D eigenvalue weighted by atomic mass is 10.3. The van der Waals surface area contributed by atoms with Crippen molar-refractivity contribution in [2.24, 2.45) is 5.73 Å². The van der Waals surface area contributed by atoms with Gasteiger partial charge in [-0.25, -0.2) is 4.98 Å². The van der Waals surface area contributed by atoms with Gasteiger partial charge in [0.05, 0.1) is 29.0 Å². The Kier molecular flexibility index (Phi) is 3.46. The topological polar surface area (TPSA) is 80.9 Å². The number of Topliss-reactive ketones (excluding diaryl/α,β-unsaturated/α-hetero) is 1. The van der Waals surface area contributed by atoms with Crippen molar-refractivity contribution in [3.63, 3.8) is 0 Å². The van der Waals surface area contributed by atoms with E-state index in [0.717, 1.165) is 5.69 Å². The minimum atomic E-state index is -0.0840. The molecule has 0 saturated carbocycles. The van der Waals surface area contributed by atoms with Gasteiger partial charge in [0.2, 0.25) is 0 Å². The molecule has 2 aromatic heterocycles. The summed E-state index contributed by atoms with van der Waals surface area (Å²) >= 11 is 1.31. The molecule has 2 aromatic rings. The summed E-state index contributed by atoms with van der Waals surface area (Å²) < 4.78 is 0. The van der Waals surface area contributed by atoms with Crippen LogP contribution in [0.15, 0.2) is 24.5 Å². The Labute approximate surface area is 103 Å². The summed E-state index contributed by atoms with van der Waals surface area (Å²) in [6, 6.07) is 3.71. The molecule has 88 valence electrons. The zero-order chi connectivity index (χ0) is 12.3. The summed E-state index contributed by atoms with van der Waals surface area (Å²) in [5.74, 6) is -0.0840. The summed E-state index contributed by atoms with van der Waals surface area (Å²) in [6.07, 6.45) is 3.39. The van der Waals surface area contributed by atoms with Gasteiger partial charge >= 0.3 is 0 Å². The normalized spacial score (nSPS) is 10.2. The number of hydrogen-bond donors (Lipinski definition) is 2. The van der Waals surface area contributed by atoms with E-state index < -0.39 is 0 Å². The molecule has 0 aliphatic carbocycles. The third-order valence-electron chi connectivity index (χ3n) is 2.15. The first-order valence-corrected chi connectivity index (χ1v) is 5.90. The van der Waals surface area contributed by atoms with E-state index in [1.807, 2.05) is 12.1 Å². The largest absolute Gasteiger partial charge is 0.330 e. The standard InChI is InChI=1S/C11H12N4OS/c1-7-10(9(16)5-12)17-11(14-7)15-8-3-2-4-13-6-8/h2-4,6H,5,12H2,1H3,(H,14,15). The van der Waals surface area contributed by atoms with E-state index in [4.69, 9.17) is 5.73 Å². The van der Waals surface area contributed by atoms with E-state index in [1.54, 1.807) is 19.3 Å². The Morgan fingerprint density at radius 3 is 3.06 bits per heavy atom. The summed E-state index contributed by atoms with van der Waals surface area (Å²) in [7, 11) is 0. The van der Waals surface area contributed by atoms with Crippen LogP contribution in [-0.4, -0.2) is 22.3 Å². The zero-order valence-corrected chi connectivity index (χ0v) is 10.1. The minimum Gasteiger partial charge on any atom is -0.330 e. The third-order valence-corrected chi connectivity index (χ3v) is 3.26. The van der Waals surface area contributed by atoms with Crippen LogP contribution in [-0.2, 0) is 0 Å². The Morgan fingerprint density at radius 1 is 1.59 bits per heavy atom. The van der Waals surface area contributed by atoms with Gasteiger partial charge in [0.1, 0.15) is 0 Å². The molecule has 0 spiro atoms. The molecular formula is C11H12N4OS. The fourth-order valence-corrected chi connectivity index (χ4v) is 2.30. The molecule has 0 atom stereocenters. The highest BCUT2D eigenvalue weighted by molar-refractivity contribution is 7.17. The highest BCUT2D eigenvalue weighted by atomic mass is 32.1. The molecule has 3 N–H and O–H groups in total. The van der Waals surface area contributed by atoms with Crippen molar-refractivity contribution in [3.05, 3.63) is 35.1 Å². The van der Waals surface area contributed by atoms with E-state index in [1.165, 1.54) is 11.3 Å². The second-order valence-electron chi connectivity index (χ2n) is 3.43. The number of nitrogens with two attached hydrogens (primary N) is 1. The highest BCUT2D eigenvalue weighted by Crippen LogP contribution is 2.25. The summed E-state index contributed by atoms with van der Waals surface area (Å²) in [6.45, 7) is 1.81. The van der Waals surface area contributed by atoms with Crippen LogP contribution in [0.2, 0.25) is 0 Å². The zero-order valence-electron chi connectivity index (χ0n) is 9.30. The number of hydrogen-bond acceptors (Lipinski definition) is 6. The summed E-state index contributed by atoms with van der Waals surface area (Å²) in [4.78, 5) is 20.4. The summed E-state index contributed by atoms with van der Waals surface area (Å²) in [5.41, 5.74) is 6.88. The number of rotatable bonds is 4. The average Bonchev–Trinajstić information content (AvgIpc) is 2.70. The van der Waals surface area contributed by atoms with Gasteiger partial charge in [-0.2, -0.15) is 0 Å². The number of nitrogens with zero attached hydrogens (tertiary/aromatic N) is 2. The monoisotopic (exact) mass is 248 g/mol. The van der Waals surface area contributed by atoms with Crippen LogP contribution in [0.1, 0.15) is 15.4 Å². The van der Waals surface area contributed by atoms with Crippen molar-refractivity contribution < 1.29 is 4.79 Å². The van der Waals surface area contributed by atoms with Crippen molar-refractivity contribution in [2.75, 3.05) is 11.9 Å². The first kappa shape index (κ1) is 11.7. The van der Waals surface area contributed by atoms with Crippen LogP contribution >= 0.6 is 11.3 Å². The van der Waals surface area contributed by atoms with Gasteiger partial charge in [0.15, 0.2) is 10.9 Å². The number of ketones is 1. The molecule has 5 nitrogen and oxygen atoms in total. The van der Waals surface area contributed by atoms with Crippen LogP contribution in [0.3, 0.4) is 0 Å². The fraction of sp³-hybridized carbons (Fsp3) is 0.182. The van der Waals surface area contributed by atoms with Gasteiger partial charge in [-0.15, -0.1) is 0 Å². The molecule has 2 heterocycles. The maximum Gasteiger partial charge on any atom is 0.188 e. The molecule has 0 unspecified atom stereocenters. The van der Waals surface area contributed by atoms with Gasteiger partial charge in [0.25, 0.3) is 0 Å². The van der Waals surface area contributed by atoms with E-state index in [2.05, 4.69) is 15.3 Å². The maximum absolute atomic E-state index is 11.5. The van der Waals surface area contributed by atoms with Gasteiger partial charge in [-0.3, -0.25) is 9.78 Å². The average molecular weight is 248 g/mol. The van der Waals surface area contributed by atoms with Crippen molar-refractivity contribution in [1.82, 2.24) is 9.97 Å². The first-order chi connectivity index (χ1) is 8.20. The van der Waals surface area contributed by atoms with Crippen molar-refractivity contribution >= 4 is 27.9 Å². The smallest absolute Gasteiger partial charge is 0.188 e. The molecule has 0 fully saturated rings. The minimum absolute atomic E-state index is 0.00929. The van der Waals surface area contributed by atoms with Crippen LogP contribution in [0, 0.1) is 6.92 Å². The molecule has 0 aromatic carbocycles. The predicted molar refractivity (Wildman–Crippen MR) is 67.8 cm³/mol.